The van der Waals surface area contributed by atoms with Crippen LogP contribution < -0.4 is 11.1 Å². The number of anilines is 1. The van der Waals surface area contributed by atoms with Crippen molar-refractivity contribution in [1.29, 1.82) is 0 Å². The average molecular weight is 300 g/mol. The van der Waals surface area contributed by atoms with Crippen LogP contribution in [0.1, 0.15) is 12.8 Å². The van der Waals surface area contributed by atoms with Crippen LogP contribution in [0.3, 0.4) is 0 Å². The number of nitrogens with two attached hydrogens (primary N) is 1. The van der Waals surface area contributed by atoms with Crippen molar-refractivity contribution in [3.05, 3.63) is 29.8 Å². The zero-order valence-electron chi connectivity index (χ0n) is 10.6. The maximum atomic E-state index is 13.1. The molecule has 0 aromatic heterocycles. The summed E-state index contributed by atoms with van der Waals surface area (Å²) in [5.74, 6) is -1.99. The second kappa shape index (κ2) is 5.80. The summed E-state index contributed by atoms with van der Waals surface area (Å²) in [7, 11) is 0. The molecule has 7 heteroatoms. The molecule has 2 rings (SSSR count). The molecule has 1 saturated heterocycles. The number of hydrogen-bond acceptors (Lipinski definition) is 3. The van der Waals surface area contributed by atoms with Gasteiger partial charge in [0.15, 0.2) is 0 Å². The van der Waals surface area contributed by atoms with Crippen LogP contribution in [0, 0.1) is 17.0 Å². The lowest BCUT2D eigenvalue weighted by Crippen LogP contribution is -2.49. The number of ether oxygens (including phenoxy) is 1. The molecule has 1 fully saturated rings. The molecule has 0 bridgehead atoms. The first kappa shape index (κ1) is 14.8. The Labute approximate surface area is 120 Å². The molecule has 1 aromatic rings. The summed E-state index contributed by atoms with van der Waals surface area (Å²) < 4.78 is 31.4. The monoisotopic (exact) mass is 300 g/mol. The maximum Gasteiger partial charge on any atom is 0.237 e. The van der Waals surface area contributed by atoms with Crippen LogP contribution in [-0.2, 0) is 9.53 Å². The maximum absolute atomic E-state index is 13.1. The Kier molecular flexibility index (Phi) is 4.29. The van der Waals surface area contributed by atoms with Gasteiger partial charge in [-0.2, -0.15) is 0 Å². The molecule has 0 unspecified atom stereocenters. The molecule has 0 spiro atoms. The molecule has 4 nitrogen and oxygen atoms in total. The van der Waals surface area contributed by atoms with E-state index in [9.17, 15) is 13.6 Å². The number of halogens is 2. The number of nitrogens with one attached hydrogen (secondary N) is 1. The van der Waals surface area contributed by atoms with E-state index in [1.807, 2.05) is 0 Å². The fraction of sp³-hybridized carbons (Fsp3) is 0.385. The third kappa shape index (κ3) is 2.94. The number of hydrogen-bond donors (Lipinski definition) is 2. The van der Waals surface area contributed by atoms with E-state index in [0.717, 1.165) is 18.2 Å². The Hall–Kier alpha value is -1.60. The number of carbonyl (C=O) groups is 1. The summed E-state index contributed by atoms with van der Waals surface area (Å²) in [5, 5.41) is 2.47. The van der Waals surface area contributed by atoms with Crippen LogP contribution in [0.25, 0.3) is 0 Å². The molecule has 1 aliphatic heterocycles. The highest BCUT2D eigenvalue weighted by Gasteiger charge is 2.43. The molecule has 108 valence electrons. The first-order valence-corrected chi connectivity index (χ1v) is 6.50. The molecule has 1 aliphatic rings. The van der Waals surface area contributed by atoms with E-state index in [0.29, 0.717) is 26.1 Å². The van der Waals surface area contributed by atoms with E-state index in [4.69, 9.17) is 22.7 Å². The zero-order valence-corrected chi connectivity index (χ0v) is 11.4. The lowest BCUT2D eigenvalue weighted by atomic mass is 9.79. The number of amides is 1. The summed E-state index contributed by atoms with van der Waals surface area (Å²) in [6, 6.07) is 2.80. The van der Waals surface area contributed by atoms with Gasteiger partial charge in [-0.15, -0.1) is 0 Å². The fourth-order valence-corrected chi connectivity index (χ4v) is 2.48. The number of thiocarbonyl (C=S) groups is 1. The molecule has 20 heavy (non-hydrogen) atoms. The van der Waals surface area contributed by atoms with Gasteiger partial charge in [-0.05, 0) is 25.0 Å². The van der Waals surface area contributed by atoms with E-state index < -0.39 is 23.0 Å². The van der Waals surface area contributed by atoms with Gasteiger partial charge < -0.3 is 15.8 Å². The van der Waals surface area contributed by atoms with Gasteiger partial charge in [-0.3, -0.25) is 4.79 Å². The van der Waals surface area contributed by atoms with E-state index in [-0.39, 0.29) is 10.7 Å². The van der Waals surface area contributed by atoms with E-state index >= 15 is 0 Å². The number of rotatable bonds is 3. The van der Waals surface area contributed by atoms with Gasteiger partial charge in [-0.1, -0.05) is 12.2 Å². The van der Waals surface area contributed by atoms with Gasteiger partial charge >= 0.3 is 0 Å². The van der Waals surface area contributed by atoms with Gasteiger partial charge in [0.25, 0.3) is 0 Å². The second-order valence-electron chi connectivity index (χ2n) is 4.67. The predicted octanol–water partition coefficient (Wildman–Crippen LogP) is 1.99. The third-order valence-electron chi connectivity index (χ3n) is 3.37. The molecule has 0 radical (unpaired) electrons. The van der Waals surface area contributed by atoms with E-state index in [1.165, 1.54) is 0 Å². The molecule has 1 amide bonds. The van der Waals surface area contributed by atoms with Crippen LogP contribution in [0.2, 0.25) is 0 Å². The quantitative estimate of drug-likeness (QED) is 0.838. The third-order valence-corrected chi connectivity index (χ3v) is 3.76. The van der Waals surface area contributed by atoms with Crippen molar-refractivity contribution in [1.82, 2.24) is 0 Å². The highest BCUT2D eigenvalue weighted by atomic mass is 32.1. The summed E-state index contributed by atoms with van der Waals surface area (Å²) in [5.41, 5.74) is 4.69. The molecular weight excluding hydrogens is 286 g/mol. The molecule has 1 aromatic carbocycles. The van der Waals surface area contributed by atoms with Crippen LogP contribution >= 0.6 is 12.2 Å². The minimum absolute atomic E-state index is 0.0367. The van der Waals surface area contributed by atoms with Crippen molar-refractivity contribution in [3.63, 3.8) is 0 Å². The molecular formula is C13H14F2N2O2S. The number of carbonyl (C=O) groups excluding carboxylic acids is 1. The SMILES string of the molecule is NC(=S)C1(C(=O)Nc2cc(F)cc(F)c2)CCOCC1. The number of benzene rings is 1. The van der Waals surface area contributed by atoms with Crippen LogP contribution in [0.4, 0.5) is 14.5 Å². The lowest BCUT2D eigenvalue weighted by molar-refractivity contribution is -0.126. The first-order valence-electron chi connectivity index (χ1n) is 6.09. The average Bonchev–Trinajstić information content (AvgIpc) is 2.38. The standard InChI is InChI=1S/C13H14F2N2O2S/c14-8-5-9(15)7-10(6-8)17-12(18)13(11(16)20)1-3-19-4-2-13/h5-7H,1-4H2,(H2,16,20)(H,17,18). The molecule has 3 N–H and O–H groups in total. The van der Waals surface area contributed by atoms with Crippen molar-refractivity contribution >= 4 is 28.8 Å². The van der Waals surface area contributed by atoms with Crippen LogP contribution in [0.15, 0.2) is 18.2 Å². The van der Waals surface area contributed by atoms with Gasteiger partial charge in [0.1, 0.15) is 17.0 Å². The smallest absolute Gasteiger partial charge is 0.237 e. The van der Waals surface area contributed by atoms with E-state index in [1.54, 1.807) is 0 Å². The molecule has 0 aliphatic carbocycles. The summed E-state index contributed by atoms with van der Waals surface area (Å²) in [6.07, 6.45) is 0.706. The largest absolute Gasteiger partial charge is 0.392 e. The molecule has 0 atom stereocenters. The summed E-state index contributed by atoms with van der Waals surface area (Å²) >= 11 is 4.98. The van der Waals surface area contributed by atoms with Crippen LogP contribution in [0.5, 0.6) is 0 Å². The van der Waals surface area contributed by atoms with Crippen molar-refractivity contribution in [2.24, 2.45) is 11.1 Å². The van der Waals surface area contributed by atoms with Crippen molar-refractivity contribution in [3.8, 4) is 0 Å². The van der Waals surface area contributed by atoms with Crippen LogP contribution in [-0.4, -0.2) is 24.1 Å². The van der Waals surface area contributed by atoms with Crippen molar-refractivity contribution in [2.45, 2.75) is 12.8 Å². The highest BCUT2D eigenvalue weighted by Crippen LogP contribution is 2.32. The zero-order chi connectivity index (χ0) is 14.8. The lowest BCUT2D eigenvalue weighted by Gasteiger charge is -2.34. The van der Waals surface area contributed by atoms with Gasteiger partial charge in [0, 0.05) is 25.0 Å². The molecule has 0 saturated carbocycles. The summed E-state index contributed by atoms with van der Waals surface area (Å²) in [6.45, 7) is 0.727. The Bertz CT molecular complexity index is 525. The second-order valence-corrected chi connectivity index (χ2v) is 5.11. The molecule has 1 heterocycles. The highest BCUT2D eigenvalue weighted by molar-refractivity contribution is 7.80. The minimum Gasteiger partial charge on any atom is -0.392 e. The summed E-state index contributed by atoms with van der Waals surface area (Å²) in [4.78, 5) is 12.4. The normalized spacial score (nSPS) is 17.5. The fourth-order valence-electron chi connectivity index (χ4n) is 2.18. The van der Waals surface area contributed by atoms with Gasteiger partial charge in [-0.25, -0.2) is 8.78 Å². The van der Waals surface area contributed by atoms with Gasteiger partial charge in [0.2, 0.25) is 5.91 Å². The Morgan fingerprint density at radius 3 is 2.30 bits per heavy atom. The van der Waals surface area contributed by atoms with E-state index in [2.05, 4.69) is 5.32 Å². The van der Waals surface area contributed by atoms with Crippen molar-refractivity contribution in [2.75, 3.05) is 18.5 Å². The van der Waals surface area contributed by atoms with Gasteiger partial charge in [0.05, 0.1) is 4.99 Å². The topological polar surface area (TPSA) is 64.4 Å². The Morgan fingerprint density at radius 2 is 1.80 bits per heavy atom. The Balaban J connectivity index is 2.22. The first-order chi connectivity index (χ1) is 9.44. The Morgan fingerprint density at radius 1 is 1.25 bits per heavy atom. The van der Waals surface area contributed by atoms with Crippen molar-refractivity contribution < 1.29 is 18.3 Å². The predicted molar refractivity (Wildman–Crippen MR) is 74.3 cm³/mol. The minimum atomic E-state index is -1.03.